The highest BCUT2D eigenvalue weighted by Crippen LogP contribution is 2.20. The van der Waals surface area contributed by atoms with Gasteiger partial charge in [-0.1, -0.05) is 22.0 Å². The van der Waals surface area contributed by atoms with Crippen LogP contribution in [-0.4, -0.2) is 29.7 Å². The van der Waals surface area contributed by atoms with Gasteiger partial charge in [-0.25, -0.2) is 0 Å². The summed E-state index contributed by atoms with van der Waals surface area (Å²) in [4.78, 5) is 12.1. The number of nitrogens with one attached hydrogen (secondary N) is 1. The van der Waals surface area contributed by atoms with Gasteiger partial charge in [0.1, 0.15) is 6.54 Å². The van der Waals surface area contributed by atoms with Crippen LogP contribution >= 0.6 is 15.9 Å². The molecule has 5 heteroatoms. The predicted octanol–water partition coefficient (Wildman–Crippen LogP) is 2.70. The minimum absolute atomic E-state index is 0.0642. The minimum Gasteiger partial charge on any atom is -0.381 e. The van der Waals surface area contributed by atoms with E-state index in [0.29, 0.717) is 6.54 Å². The van der Waals surface area contributed by atoms with Crippen LogP contribution in [0.3, 0.4) is 0 Å². The van der Waals surface area contributed by atoms with E-state index in [9.17, 15) is 4.79 Å². The number of rotatable bonds is 3. The van der Waals surface area contributed by atoms with Crippen LogP contribution in [0.15, 0.2) is 34.9 Å². The Bertz CT molecular complexity index is 617. The van der Waals surface area contributed by atoms with Gasteiger partial charge < -0.3 is 14.6 Å². The first kappa shape index (κ1) is 13.6. The quantitative estimate of drug-likeness (QED) is 0.936. The molecule has 1 aliphatic rings. The number of hydrogen-bond acceptors (Lipinski definition) is 2. The van der Waals surface area contributed by atoms with Crippen LogP contribution < -0.4 is 5.32 Å². The number of hydrogen-bond donors (Lipinski definition) is 1. The zero-order valence-electron chi connectivity index (χ0n) is 11.1. The molecule has 3 rings (SSSR count). The molecule has 1 saturated heterocycles. The second kappa shape index (κ2) is 5.97. The Morgan fingerprint density at radius 1 is 1.35 bits per heavy atom. The van der Waals surface area contributed by atoms with Gasteiger partial charge in [0.15, 0.2) is 0 Å². The Hall–Kier alpha value is -1.33. The Morgan fingerprint density at radius 2 is 2.15 bits per heavy atom. The van der Waals surface area contributed by atoms with Gasteiger partial charge in [0, 0.05) is 35.4 Å². The summed E-state index contributed by atoms with van der Waals surface area (Å²) in [5.41, 5.74) is 1.07. The third-order valence-corrected chi connectivity index (χ3v) is 4.13. The molecule has 1 amide bonds. The van der Waals surface area contributed by atoms with Crippen molar-refractivity contribution in [2.45, 2.75) is 25.4 Å². The summed E-state index contributed by atoms with van der Waals surface area (Å²) in [6.07, 6.45) is 3.77. The number of benzene rings is 1. The summed E-state index contributed by atoms with van der Waals surface area (Å²) >= 11 is 3.47. The van der Waals surface area contributed by atoms with E-state index in [1.807, 2.05) is 35.0 Å². The highest BCUT2D eigenvalue weighted by molar-refractivity contribution is 9.10. The molecule has 1 aliphatic heterocycles. The highest BCUT2D eigenvalue weighted by Gasteiger charge is 2.16. The minimum atomic E-state index is 0.0642. The van der Waals surface area contributed by atoms with Crippen molar-refractivity contribution in [3.63, 3.8) is 0 Å². The average molecular weight is 337 g/mol. The summed E-state index contributed by atoms with van der Waals surface area (Å²) < 4.78 is 8.30. The largest absolute Gasteiger partial charge is 0.381 e. The number of ether oxygens (including phenoxy) is 1. The maximum absolute atomic E-state index is 12.1. The van der Waals surface area contributed by atoms with Gasteiger partial charge >= 0.3 is 0 Å². The molecule has 0 spiro atoms. The fourth-order valence-corrected chi connectivity index (χ4v) is 2.91. The van der Waals surface area contributed by atoms with E-state index in [-0.39, 0.29) is 11.9 Å². The molecule has 1 fully saturated rings. The predicted molar refractivity (Wildman–Crippen MR) is 81.6 cm³/mol. The van der Waals surface area contributed by atoms with Crippen molar-refractivity contribution in [2.24, 2.45) is 0 Å². The third kappa shape index (κ3) is 3.04. The number of carbonyl (C=O) groups excluding carboxylic acids is 1. The number of halogens is 1. The van der Waals surface area contributed by atoms with Gasteiger partial charge in [0.2, 0.25) is 5.91 Å². The molecule has 2 aromatic rings. The standard InChI is InChI=1S/C15H17BrN2O2/c16-12-2-1-11-3-6-18(14(11)9-12)10-15(19)17-13-4-7-20-8-5-13/h1-3,6,9,13H,4-5,7-8,10H2,(H,17,19). The second-order valence-electron chi connectivity index (χ2n) is 5.10. The van der Waals surface area contributed by atoms with Gasteiger partial charge in [0.25, 0.3) is 0 Å². The van der Waals surface area contributed by atoms with Crippen LogP contribution in [0.1, 0.15) is 12.8 Å². The van der Waals surface area contributed by atoms with E-state index in [0.717, 1.165) is 41.4 Å². The molecule has 2 heterocycles. The third-order valence-electron chi connectivity index (χ3n) is 3.64. The van der Waals surface area contributed by atoms with Crippen LogP contribution in [0.2, 0.25) is 0 Å². The normalized spacial score (nSPS) is 16.4. The topological polar surface area (TPSA) is 43.3 Å². The lowest BCUT2D eigenvalue weighted by atomic mass is 10.1. The molecule has 0 bridgehead atoms. The van der Waals surface area contributed by atoms with Crippen molar-refractivity contribution in [1.82, 2.24) is 9.88 Å². The van der Waals surface area contributed by atoms with Crippen LogP contribution in [-0.2, 0) is 16.1 Å². The van der Waals surface area contributed by atoms with Gasteiger partial charge in [-0.3, -0.25) is 4.79 Å². The average Bonchev–Trinajstić information content (AvgIpc) is 2.82. The maximum Gasteiger partial charge on any atom is 0.240 e. The summed E-state index contributed by atoms with van der Waals surface area (Å²) in [5.74, 6) is 0.0642. The fraction of sp³-hybridized carbons (Fsp3) is 0.400. The van der Waals surface area contributed by atoms with Crippen molar-refractivity contribution in [2.75, 3.05) is 13.2 Å². The first-order valence-corrected chi connectivity index (χ1v) is 7.63. The molecule has 0 radical (unpaired) electrons. The van der Waals surface area contributed by atoms with Gasteiger partial charge in [-0.05, 0) is 36.4 Å². The summed E-state index contributed by atoms with van der Waals surface area (Å²) in [6.45, 7) is 1.84. The van der Waals surface area contributed by atoms with Crippen molar-refractivity contribution in [3.8, 4) is 0 Å². The molecule has 106 valence electrons. The van der Waals surface area contributed by atoms with Crippen LogP contribution in [0.5, 0.6) is 0 Å². The number of carbonyl (C=O) groups is 1. The summed E-state index contributed by atoms with van der Waals surface area (Å²) in [7, 11) is 0. The molecule has 0 saturated carbocycles. The first-order chi connectivity index (χ1) is 9.72. The van der Waals surface area contributed by atoms with E-state index in [4.69, 9.17) is 4.74 Å². The molecule has 0 atom stereocenters. The number of nitrogens with zero attached hydrogens (tertiary/aromatic N) is 1. The van der Waals surface area contributed by atoms with Crippen molar-refractivity contribution < 1.29 is 9.53 Å². The molecule has 0 aliphatic carbocycles. The number of amides is 1. The van der Waals surface area contributed by atoms with E-state index >= 15 is 0 Å². The van der Waals surface area contributed by atoms with E-state index in [2.05, 4.69) is 21.2 Å². The Kier molecular flexibility index (Phi) is 4.08. The van der Waals surface area contributed by atoms with Crippen molar-refractivity contribution in [1.29, 1.82) is 0 Å². The van der Waals surface area contributed by atoms with E-state index < -0.39 is 0 Å². The molecule has 1 N–H and O–H groups in total. The van der Waals surface area contributed by atoms with E-state index in [1.54, 1.807) is 0 Å². The number of fused-ring (bicyclic) bond motifs is 1. The van der Waals surface area contributed by atoms with Crippen LogP contribution in [0, 0.1) is 0 Å². The maximum atomic E-state index is 12.1. The van der Waals surface area contributed by atoms with Crippen molar-refractivity contribution >= 4 is 32.7 Å². The first-order valence-electron chi connectivity index (χ1n) is 6.84. The molecule has 4 nitrogen and oxygen atoms in total. The lowest BCUT2D eigenvalue weighted by Gasteiger charge is -2.23. The SMILES string of the molecule is O=C(Cn1ccc2ccc(Br)cc21)NC1CCOCC1. The molecular weight excluding hydrogens is 320 g/mol. The van der Waals surface area contributed by atoms with Gasteiger partial charge in [-0.2, -0.15) is 0 Å². The molecule has 1 aromatic heterocycles. The Balaban J connectivity index is 1.69. The molecule has 20 heavy (non-hydrogen) atoms. The second-order valence-corrected chi connectivity index (χ2v) is 6.02. The summed E-state index contributed by atoms with van der Waals surface area (Å²) in [5, 5.41) is 4.23. The zero-order valence-corrected chi connectivity index (χ0v) is 12.7. The number of aromatic nitrogens is 1. The lowest BCUT2D eigenvalue weighted by Crippen LogP contribution is -2.40. The zero-order chi connectivity index (χ0) is 13.9. The molecule has 1 aromatic carbocycles. The Labute approximate surface area is 126 Å². The molecule has 0 unspecified atom stereocenters. The molecular formula is C15H17BrN2O2. The Morgan fingerprint density at radius 3 is 2.95 bits per heavy atom. The van der Waals surface area contributed by atoms with E-state index in [1.165, 1.54) is 0 Å². The highest BCUT2D eigenvalue weighted by atomic mass is 79.9. The van der Waals surface area contributed by atoms with Gasteiger partial charge in [0.05, 0.1) is 0 Å². The van der Waals surface area contributed by atoms with Crippen LogP contribution in [0.25, 0.3) is 10.9 Å². The fourth-order valence-electron chi connectivity index (χ4n) is 2.56. The van der Waals surface area contributed by atoms with Crippen molar-refractivity contribution in [3.05, 3.63) is 34.9 Å². The van der Waals surface area contributed by atoms with Gasteiger partial charge in [-0.15, -0.1) is 0 Å². The summed E-state index contributed by atoms with van der Waals surface area (Å²) in [6, 6.07) is 8.38. The van der Waals surface area contributed by atoms with Crippen LogP contribution in [0.4, 0.5) is 0 Å². The monoisotopic (exact) mass is 336 g/mol. The lowest BCUT2D eigenvalue weighted by molar-refractivity contribution is -0.122. The smallest absolute Gasteiger partial charge is 0.240 e.